The first kappa shape index (κ1) is 18.4. The summed E-state index contributed by atoms with van der Waals surface area (Å²) in [7, 11) is 0. The summed E-state index contributed by atoms with van der Waals surface area (Å²) in [5, 5.41) is 0. The van der Waals surface area contributed by atoms with Gasteiger partial charge in [-0.1, -0.05) is 13.3 Å². The minimum atomic E-state index is -0.175. The Morgan fingerprint density at radius 2 is 1.88 bits per heavy atom. The Labute approximate surface area is 145 Å². The van der Waals surface area contributed by atoms with Crippen LogP contribution in [0.1, 0.15) is 40.0 Å². The third-order valence-electron chi connectivity index (χ3n) is 4.05. The number of amides is 1. The monoisotopic (exact) mass is 334 g/mol. The first-order valence-corrected chi connectivity index (χ1v) is 9.03. The van der Waals surface area contributed by atoms with E-state index < -0.39 is 0 Å². The minimum absolute atomic E-state index is 0.175. The molecular formula is C19H30N2O3. The third kappa shape index (κ3) is 5.62. The maximum Gasteiger partial charge on any atom is 0.409 e. The lowest BCUT2D eigenvalue weighted by molar-refractivity contribution is 0.103. The number of ether oxygens (including phenoxy) is 2. The smallest absolute Gasteiger partial charge is 0.409 e. The average molecular weight is 334 g/mol. The van der Waals surface area contributed by atoms with Crippen LogP contribution in [-0.4, -0.2) is 49.9 Å². The van der Waals surface area contributed by atoms with Crippen LogP contribution in [0.5, 0.6) is 5.75 Å². The van der Waals surface area contributed by atoms with Crippen molar-refractivity contribution in [3.05, 3.63) is 24.3 Å². The Morgan fingerprint density at radius 3 is 2.54 bits per heavy atom. The van der Waals surface area contributed by atoms with E-state index in [1.807, 2.05) is 30.9 Å². The lowest BCUT2D eigenvalue weighted by Gasteiger charge is -2.24. The van der Waals surface area contributed by atoms with Crippen molar-refractivity contribution in [2.75, 3.05) is 37.7 Å². The van der Waals surface area contributed by atoms with Crippen molar-refractivity contribution in [3.63, 3.8) is 0 Å². The zero-order valence-corrected chi connectivity index (χ0v) is 15.2. The van der Waals surface area contributed by atoms with Gasteiger partial charge in [0.25, 0.3) is 0 Å². The van der Waals surface area contributed by atoms with Gasteiger partial charge in [-0.25, -0.2) is 4.79 Å². The molecule has 134 valence electrons. The Morgan fingerprint density at radius 1 is 1.12 bits per heavy atom. The number of nitrogens with zero attached hydrogens (tertiary/aromatic N) is 2. The minimum Gasteiger partial charge on any atom is -0.491 e. The topological polar surface area (TPSA) is 42.0 Å². The standard InChI is InChI=1S/C19H30N2O3/c1-4-5-15-23-19(22)21-12-6-11-20(13-14-21)17-7-9-18(10-8-17)24-16(2)3/h7-10,16H,4-6,11-15H2,1-3H3. The summed E-state index contributed by atoms with van der Waals surface area (Å²) in [6.45, 7) is 9.90. The van der Waals surface area contributed by atoms with E-state index in [4.69, 9.17) is 9.47 Å². The number of anilines is 1. The van der Waals surface area contributed by atoms with Crippen LogP contribution in [0.2, 0.25) is 0 Å². The molecule has 1 saturated heterocycles. The molecule has 0 aromatic heterocycles. The van der Waals surface area contributed by atoms with Crippen LogP contribution in [0.15, 0.2) is 24.3 Å². The van der Waals surface area contributed by atoms with Gasteiger partial charge in [0.15, 0.2) is 0 Å². The van der Waals surface area contributed by atoms with Crippen molar-refractivity contribution < 1.29 is 14.3 Å². The van der Waals surface area contributed by atoms with Gasteiger partial charge in [0.05, 0.1) is 12.7 Å². The second-order valence-corrected chi connectivity index (χ2v) is 6.46. The summed E-state index contributed by atoms with van der Waals surface area (Å²) in [5.41, 5.74) is 1.17. The van der Waals surface area contributed by atoms with E-state index in [0.29, 0.717) is 13.2 Å². The number of carbonyl (C=O) groups excluding carboxylic acids is 1. The van der Waals surface area contributed by atoms with Gasteiger partial charge in [-0.2, -0.15) is 0 Å². The maximum atomic E-state index is 12.1. The molecule has 1 aromatic carbocycles. The first-order chi connectivity index (χ1) is 11.6. The van der Waals surface area contributed by atoms with Gasteiger partial charge in [0, 0.05) is 31.9 Å². The number of rotatable bonds is 6. The number of hydrogen-bond acceptors (Lipinski definition) is 4. The molecule has 1 aromatic rings. The highest BCUT2D eigenvalue weighted by Gasteiger charge is 2.20. The van der Waals surface area contributed by atoms with Gasteiger partial charge < -0.3 is 19.3 Å². The first-order valence-electron chi connectivity index (χ1n) is 9.03. The van der Waals surface area contributed by atoms with E-state index in [9.17, 15) is 4.79 Å². The molecule has 5 nitrogen and oxygen atoms in total. The van der Waals surface area contributed by atoms with Gasteiger partial charge in [0.1, 0.15) is 5.75 Å². The molecule has 5 heteroatoms. The molecule has 24 heavy (non-hydrogen) atoms. The molecule has 1 fully saturated rings. The van der Waals surface area contributed by atoms with E-state index in [-0.39, 0.29) is 12.2 Å². The van der Waals surface area contributed by atoms with Crippen molar-refractivity contribution in [1.29, 1.82) is 0 Å². The predicted molar refractivity (Wildman–Crippen MR) is 96.9 cm³/mol. The molecule has 0 aliphatic carbocycles. The van der Waals surface area contributed by atoms with E-state index in [1.165, 1.54) is 5.69 Å². The summed E-state index contributed by atoms with van der Waals surface area (Å²) in [6.07, 6.45) is 2.92. The normalized spacial score (nSPS) is 15.3. The van der Waals surface area contributed by atoms with Gasteiger partial charge in [0.2, 0.25) is 0 Å². The van der Waals surface area contributed by atoms with Gasteiger partial charge in [-0.05, 0) is 51.0 Å². The molecule has 2 rings (SSSR count). The zero-order chi connectivity index (χ0) is 17.4. The van der Waals surface area contributed by atoms with E-state index >= 15 is 0 Å². The molecule has 1 aliphatic heterocycles. The number of carbonyl (C=O) groups is 1. The van der Waals surface area contributed by atoms with Crippen LogP contribution in [0.3, 0.4) is 0 Å². The highest BCUT2D eigenvalue weighted by atomic mass is 16.6. The molecule has 0 N–H and O–H groups in total. The van der Waals surface area contributed by atoms with Crippen molar-refractivity contribution in [3.8, 4) is 5.75 Å². The molecule has 0 unspecified atom stereocenters. The second kappa shape index (κ2) is 9.40. The molecular weight excluding hydrogens is 304 g/mol. The highest BCUT2D eigenvalue weighted by Crippen LogP contribution is 2.21. The molecule has 0 spiro atoms. The van der Waals surface area contributed by atoms with Gasteiger partial charge >= 0.3 is 6.09 Å². The fourth-order valence-corrected chi connectivity index (χ4v) is 2.76. The third-order valence-corrected chi connectivity index (χ3v) is 4.05. The van der Waals surface area contributed by atoms with Gasteiger partial charge in [-0.15, -0.1) is 0 Å². The second-order valence-electron chi connectivity index (χ2n) is 6.46. The van der Waals surface area contributed by atoms with Crippen molar-refractivity contribution in [1.82, 2.24) is 4.90 Å². The van der Waals surface area contributed by atoms with Crippen LogP contribution >= 0.6 is 0 Å². The quantitative estimate of drug-likeness (QED) is 0.740. The van der Waals surface area contributed by atoms with Crippen LogP contribution < -0.4 is 9.64 Å². The average Bonchev–Trinajstić information content (AvgIpc) is 2.81. The molecule has 1 heterocycles. The van der Waals surface area contributed by atoms with E-state index in [2.05, 4.69) is 24.0 Å². The van der Waals surface area contributed by atoms with Crippen LogP contribution in [0, 0.1) is 0 Å². The fraction of sp³-hybridized carbons (Fsp3) is 0.632. The summed E-state index contributed by atoms with van der Waals surface area (Å²) in [4.78, 5) is 16.2. The Kier molecular flexibility index (Phi) is 7.22. The molecule has 1 amide bonds. The maximum absolute atomic E-state index is 12.1. The van der Waals surface area contributed by atoms with Crippen molar-refractivity contribution >= 4 is 11.8 Å². The summed E-state index contributed by atoms with van der Waals surface area (Å²) in [6, 6.07) is 8.20. The molecule has 0 saturated carbocycles. The van der Waals surface area contributed by atoms with Crippen molar-refractivity contribution in [2.45, 2.75) is 46.1 Å². The summed E-state index contributed by atoms with van der Waals surface area (Å²) in [5.74, 6) is 0.893. The highest BCUT2D eigenvalue weighted by molar-refractivity contribution is 5.67. The van der Waals surface area contributed by atoms with Crippen LogP contribution in [0.4, 0.5) is 10.5 Å². The largest absolute Gasteiger partial charge is 0.491 e. The van der Waals surface area contributed by atoms with E-state index in [1.54, 1.807) is 0 Å². The Balaban J connectivity index is 1.87. The van der Waals surface area contributed by atoms with Crippen LogP contribution in [0.25, 0.3) is 0 Å². The Hall–Kier alpha value is -1.91. The molecule has 0 atom stereocenters. The molecule has 0 bridgehead atoms. The molecule has 0 radical (unpaired) electrons. The number of unbranched alkanes of at least 4 members (excludes halogenated alkanes) is 1. The zero-order valence-electron chi connectivity index (χ0n) is 15.2. The van der Waals surface area contributed by atoms with Crippen LogP contribution in [-0.2, 0) is 4.74 Å². The number of hydrogen-bond donors (Lipinski definition) is 0. The predicted octanol–water partition coefficient (Wildman–Crippen LogP) is 3.92. The SMILES string of the molecule is CCCCOC(=O)N1CCCN(c2ccc(OC(C)C)cc2)CC1. The Bertz CT molecular complexity index is 502. The fourth-order valence-electron chi connectivity index (χ4n) is 2.76. The number of benzene rings is 1. The molecule has 1 aliphatic rings. The lowest BCUT2D eigenvalue weighted by atomic mass is 10.2. The van der Waals surface area contributed by atoms with E-state index in [0.717, 1.165) is 44.6 Å². The summed E-state index contributed by atoms with van der Waals surface area (Å²) < 4.78 is 11.0. The van der Waals surface area contributed by atoms with Crippen molar-refractivity contribution in [2.24, 2.45) is 0 Å². The van der Waals surface area contributed by atoms with Gasteiger partial charge in [-0.3, -0.25) is 0 Å². The summed E-state index contributed by atoms with van der Waals surface area (Å²) >= 11 is 0. The lowest BCUT2D eigenvalue weighted by Crippen LogP contribution is -2.35.